The van der Waals surface area contributed by atoms with Crippen molar-refractivity contribution in [2.24, 2.45) is 23.7 Å². The van der Waals surface area contributed by atoms with Crippen LogP contribution in [0.25, 0.3) is 0 Å². The number of rotatable bonds is 3. The molecule has 1 spiro atoms. The van der Waals surface area contributed by atoms with Gasteiger partial charge in [-0.25, -0.2) is 9.78 Å². The Hall–Kier alpha value is -0.530. The summed E-state index contributed by atoms with van der Waals surface area (Å²) in [7, 11) is 0. The maximum Gasteiger partial charge on any atom is 0.201 e. The Morgan fingerprint density at radius 1 is 1.22 bits per heavy atom. The number of hydrogen-bond acceptors (Lipinski definition) is 6. The number of fused-ring (bicyclic) bond motifs is 2. The van der Waals surface area contributed by atoms with E-state index in [2.05, 4.69) is 6.92 Å². The molecule has 8 atom stereocenters. The largest absolute Gasteiger partial charge is 0.353 e. The summed E-state index contributed by atoms with van der Waals surface area (Å²) in [6.45, 7) is 6.57. The molecule has 6 heteroatoms. The van der Waals surface area contributed by atoms with Gasteiger partial charge in [0, 0.05) is 36.7 Å². The number of ether oxygens (including phenoxy) is 3. The number of aldehydes is 1. The van der Waals surface area contributed by atoms with Gasteiger partial charge < -0.3 is 19.0 Å². The lowest BCUT2D eigenvalue weighted by atomic mass is 9.58. The Morgan fingerprint density at radius 3 is 2.78 bits per heavy atom. The van der Waals surface area contributed by atoms with Crippen LogP contribution in [0.5, 0.6) is 0 Å². The fourth-order valence-electron chi connectivity index (χ4n) is 5.14. The maximum absolute atomic E-state index is 11.6. The first kappa shape index (κ1) is 16.0. The SMILES string of the molecule is CCO[C@H]1O[C@@H]2O[C@@]3(C)CC[C@H]4C(C=O)CC[C@@H]([C@H]1C)[C@@]24OO3. The molecule has 0 radical (unpaired) electrons. The van der Waals surface area contributed by atoms with Gasteiger partial charge in [-0.05, 0) is 33.1 Å². The van der Waals surface area contributed by atoms with E-state index in [0.717, 1.165) is 25.5 Å². The number of carbonyl (C=O) groups excluding carboxylic acids is 1. The zero-order chi connectivity index (χ0) is 16.2. The van der Waals surface area contributed by atoms with Crippen molar-refractivity contribution < 1.29 is 28.8 Å². The highest BCUT2D eigenvalue weighted by molar-refractivity contribution is 5.55. The Morgan fingerprint density at radius 2 is 2.04 bits per heavy atom. The van der Waals surface area contributed by atoms with Gasteiger partial charge in [0.25, 0.3) is 0 Å². The summed E-state index contributed by atoms with van der Waals surface area (Å²) in [5, 5.41) is 0. The van der Waals surface area contributed by atoms with E-state index in [-0.39, 0.29) is 30.0 Å². The summed E-state index contributed by atoms with van der Waals surface area (Å²) in [6.07, 6.45) is 3.56. The average molecular weight is 326 g/mol. The topological polar surface area (TPSA) is 63.2 Å². The molecule has 4 heterocycles. The lowest BCUT2D eigenvalue weighted by Gasteiger charge is -2.59. The summed E-state index contributed by atoms with van der Waals surface area (Å²) in [5.41, 5.74) is -0.702. The minimum Gasteiger partial charge on any atom is -0.353 e. The standard InChI is InChI=1S/C17H26O6/c1-4-19-14-10(2)12-6-5-11(9-18)13-7-8-16(3)21-15(20-14)17(12,13)23-22-16/h9-15H,4-8H2,1-3H3/t10-,11?,12+,13+,14+,15-,16-,17+/m1/s1. The van der Waals surface area contributed by atoms with Crippen LogP contribution in [0.3, 0.4) is 0 Å². The number of hydrogen-bond donors (Lipinski definition) is 0. The lowest BCUT2D eigenvalue weighted by molar-refractivity contribution is -0.577. The molecule has 0 N–H and O–H groups in total. The first-order chi connectivity index (χ1) is 11.0. The summed E-state index contributed by atoms with van der Waals surface area (Å²) < 4.78 is 18.2. The molecule has 1 unspecified atom stereocenters. The third kappa shape index (κ3) is 2.15. The summed E-state index contributed by atoms with van der Waals surface area (Å²) in [6, 6.07) is 0. The molecule has 23 heavy (non-hydrogen) atoms. The smallest absolute Gasteiger partial charge is 0.201 e. The molecular formula is C17H26O6. The van der Waals surface area contributed by atoms with Crippen LogP contribution in [0.15, 0.2) is 0 Å². The highest BCUT2D eigenvalue weighted by Crippen LogP contribution is 2.60. The van der Waals surface area contributed by atoms with Crippen molar-refractivity contribution in [3.8, 4) is 0 Å². The van der Waals surface area contributed by atoms with Gasteiger partial charge in [0.05, 0.1) is 0 Å². The minimum absolute atomic E-state index is 0.0270. The molecule has 130 valence electrons. The molecule has 4 aliphatic heterocycles. The molecule has 0 aromatic carbocycles. The monoisotopic (exact) mass is 326 g/mol. The second kappa shape index (κ2) is 5.49. The highest BCUT2D eigenvalue weighted by atomic mass is 17.3. The molecule has 1 saturated carbocycles. The lowest BCUT2D eigenvalue weighted by Crippen LogP contribution is -2.70. The van der Waals surface area contributed by atoms with Gasteiger partial charge in [-0.1, -0.05) is 6.92 Å². The maximum atomic E-state index is 11.6. The zero-order valence-electron chi connectivity index (χ0n) is 14.0. The van der Waals surface area contributed by atoms with Crippen molar-refractivity contribution in [1.29, 1.82) is 0 Å². The Balaban J connectivity index is 1.76. The average Bonchev–Trinajstić information content (AvgIpc) is 2.77. The van der Waals surface area contributed by atoms with Crippen molar-refractivity contribution in [3.05, 3.63) is 0 Å². The van der Waals surface area contributed by atoms with Gasteiger partial charge in [0.2, 0.25) is 5.79 Å². The van der Waals surface area contributed by atoms with Crippen molar-refractivity contribution in [1.82, 2.24) is 0 Å². The van der Waals surface area contributed by atoms with Crippen LogP contribution < -0.4 is 0 Å². The van der Waals surface area contributed by atoms with Gasteiger partial charge in [-0.3, -0.25) is 0 Å². The van der Waals surface area contributed by atoms with E-state index in [1.807, 2.05) is 13.8 Å². The molecule has 4 saturated heterocycles. The Kier molecular flexibility index (Phi) is 3.81. The fraction of sp³-hybridized carbons (Fsp3) is 0.941. The van der Waals surface area contributed by atoms with Crippen LogP contribution in [-0.4, -0.2) is 36.9 Å². The van der Waals surface area contributed by atoms with Crippen LogP contribution in [0.4, 0.5) is 0 Å². The van der Waals surface area contributed by atoms with E-state index < -0.39 is 17.7 Å². The number of carbonyl (C=O) groups is 1. The molecule has 6 nitrogen and oxygen atoms in total. The Bertz CT molecular complexity index is 484. The van der Waals surface area contributed by atoms with Crippen molar-refractivity contribution in [3.63, 3.8) is 0 Å². The van der Waals surface area contributed by atoms with Crippen molar-refractivity contribution >= 4 is 6.29 Å². The Labute approximate surface area is 136 Å². The van der Waals surface area contributed by atoms with E-state index in [1.54, 1.807) is 0 Å². The third-order valence-electron chi connectivity index (χ3n) is 6.31. The van der Waals surface area contributed by atoms with Crippen molar-refractivity contribution in [2.75, 3.05) is 6.61 Å². The zero-order valence-corrected chi connectivity index (χ0v) is 14.0. The first-order valence-corrected chi connectivity index (χ1v) is 8.81. The predicted octanol–water partition coefficient (Wildman–Crippen LogP) is 2.41. The first-order valence-electron chi connectivity index (χ1n) is 8.81. The van der Waals surface area contributed by atoms with Gasteiger partial charge in [0.15, 0.2) is 18.2 Å². The van der Waals surface area contributed by atoms with Crippen LogP contribution >= 0.6 is 0 Å². The second-order valence-electron chi connectivity index (χ2n) is 7.55. The molecule has 2 bridgehead atoms. The van der Waals surface area contributed by atoms with E-state index in [4.69, 9.17) is 24.0 Å². The predicted molar refractivity (Wildman–Crippen MR) is 78.8 cm³/mol. The van der Waals surface area contributed by atoms with E-state index >= 15 is 0 Å². The van der Waals surface area contributed by atoms with Crippen molar-refractivity contribution in [2.45, 2.75) is 70.4 Å². The van der Waals surface area contributed by atoms with Crippen LogP contribution in [0.1, 0.15) is 46.5 Å². The second-order valence-corrected chi connectivity index (χ2v) is 7.55. The van der Waals surface area contributed by atoms with Crippen LogP contribution in [0.2, 0.25) is 0 Å². The minimum atomic E-state index is -0.817. The van der Waals surface area contributed by atoms with Crippen LogP contribution in [0, 0.1) is 23.7 Å². The van der Waals surface area contributed by atoms with E-state index in [1.165, 1.54) is 0 Å². The molecular weight excluding hydrogens is 300 g/mol. The van der Waals surface area contributed by atoms with E-state index in [9.17, 15) is 4.79 Å². The van der Waals surface area contributed by atoms with Gasteiger partial charge >= 0.3 is 0 Å². The molecule has 5 rings (SSSR count). The summed E-state index contributed by atoms with van der Waals surface area (Å²) in [5.74, 6) is -0.417. The van der Waals surface area contributed by atoms with Gasteiger partial charge in [-0.15, -0.1) is 0 Å². The summed E-state index contributed by atoms with van der Waals surface area (Å²) in [4.78, 5) is 23.3. The highest BCUT2D eigenvalue weighted by Gasteiger charge is 2.70. The summed E-state index contributed by atoms with van der Waals surface area (Å²) >= 11 is 0. The quantitative estimate of drug-likeness (QED) is 0.586. The molecule has 1 aliphatic carbocycles. The normalized spacial score (nSPS) is 55.1. The fourth-order valence-corrected chi connectivity index (χ4v) is 5.14. The molecule has 5 fully saturated rings. The molecule has 0 aromatic rings. The third-order valence-corrected chi connectivity index (χ3v) is 6.31. The molecule has 0 aromatic heterocycles. The molecule has 0 amide bonds. The van der Waals surface area contributed by atoms with E-state index in [0.29, 0.717) is 13.0 Å². The molecule has 5 aliphatic rings. The van der Waals surface area contributed by atoms with Gasteiger partial charge in [0.1, 0.15) is 6.29 Å². The van der Waals surface area contributed by atoms with Crippen LogP contribution in [-0.2, 0) is 28.8 Å². The van der Waals surface area contributed by atoms with Gasteiger partial charge in [-0.2, -0.15) is 0 Å².